The summed E-state index contributed by atoms with van der Waals surface area (Å²) in [6.45, 7) is 4.42. The number of carbonyl (C=O) groups is 2. The predicted molar refractivity (Wildman–Crippen MR) is 117 cm³/mol. The first-order chi connectivity index (χ1) is 14.4. The maximum Gasteiger partial charge on any atom is 0.409 e. The average Bonchev–Trinajstić information content (AvgIpc) is 2.91. The molecule has 0 radical (unpaired) electrons. The largest absolute Gasteiger partial charge is 0.453 e. The van der Waals surface area contributed by atoms with Crippen LogP contribution in [0, 0.1) is 0 Å². The third-order valence-electron chi connectivity index (χ3n) is 7.24. The van der Waals surface area contributed by atoms with E-state index in [0.717, 1.165) is 70.5 Å². The van der Waals surface area contributed by atoms with Gasteiger partial charge in [-0.2, -0.15) is 0 Å². The van der Waals surface area contributed by atoms with Crippen molar-refractivity contribution in [1.82, 2.24) is 14.7 Å². The van der Waals surface area contributed by atoms with Crippen molar-refractivity contribution in [2.45, 2.75) is 43.6 Å². The molecule has 3 aliphatic rings. The van der Waals surface area contributed by atoms with Gasteiger partial charge in [0.15, 0.2) is 0 Å². The van der Waals surface area contributed by atoms with E-state index in [1.807, 2.05) is 30.0 Å². The van der Waals surface area contributed by atoms with Crippen molar-refractivity contribution in [1.29, 1.82) is 0 Å². The minimum Gasteiger partial charge on any atom is -0.453 e. The van der Waals surface area contributed by atoms with Gasteiger partial charge in [0.1, 0.15) is 0 Å². The molecule has 0 aromatic heterocycles. The third kappa shape index (κ3) is 3.75. The minimum atomic E-state index is -0.207. The number of benzene rings is 1. The van der Waals surface area contributed by atoms with Gasteiger partial charge in [-0.1, -0.05) is 18.2 Å². The van der Waals surface area contributed by atoms with Crippen LogP contribution in [0.5, 0.6) is 0 Å². The highest BCUT2D eigenvalue weighted by molar-refractivity contribution is 5.95. The van der Waals surface area contributed by atoms with Crippen molar-refractivity contribution >= 4 is 17.8 Å². The van der Waals surface area contributed by atoms with Crippen LogP contribution in [0.4, 0.5) is 15.3 Å². The molecule has 3 heterocycles. The number of hydrogen-bond donors (Lipinski definition) is 0. The van der Waals surface area contributed by atoms with Crippen LogP contribution in [0.15, 0.2) is 24.3 Å². The molecule has 4 rings (SSSR count). The first kappa shape index (κ1) is 21.0. The Hall–Kier alpha value is -2.28. The van der Waals surface area contributed by atoms with Crippen molar-refractivity contribution in [2.75, 3.05) is 58.8 Å². The molecule has 1 unspecified atom stereocenters. The number of amides is 3. The number of rotatable bonds is 1. The molecule has 0 bridgehead atoms. The maximum absolute atomic E-state index is 12.8. The normalized spacial score (nSPS) is 23.8. The molecule has 2 saturated heterocycles. The lowest BCUT2D eigenvalue weighted by Gasteiger charge is -2.43. The number of para-hydroxylation sites is 1. The molecule has 0 saturated carbocycles. The molecule has 0 aliphatic carbocycles. The molecule has 164 valence electrons. The zero-order chi connectivity index (χ0) is 21.3. The summed E-state index contributed by atoms with van der Waals surface area (Å²) in [6.07, 6.45) is 5.08. The van der Waals surface area contributed by atoms with Crippen molar-refractivity contribution in [3.63, 3.8) is 0 Å². The molecule has 7 nitrogen and oxygen atoms in total. The molecule has 3 aliphatic heterocycles. The molecule has 1 atom stereocenters. The minimum absolute atomic E-state index is 0.0571. The van der Waals surface area contributed by atoms with Crippen LogP contribution in [0.1, 0.15) is 37.7 Å². The monoisotopic (exact) mass is 414 g/mol. The van der Waals surface area contributed by atoms with Gasteiger partial charge in [-0.05, 0) is 56.8 Å². The number of methoxy groups -OCH3 is 1. The number of anilines is 1. The number of fused-ring (bicyclic) bond motifs is 2. The molecule has 30 heavy (non-hydrogen) atoms. The number of carbonyl (C=O) groups excluding carboxylic acids is 2. The summed E-state index contributed by atoms with van der Waals surface area (Å²) in [4.78, 5) is 32.8. The van der Waals surface area contributed by atoms with E-state index in [9.17, 15) is 9.59 Å². The van der Waals surface area contributed by atoms with Gasteiger partial charge in [-0.15, -0.1) is 0 Å². The number of hydrogen-bond acceptors (Lipinski definition) is 4. The van der Waals surface area contributed by atoms with Crippen LogP contribution in [0.2, 0.25) is 0 Å². The summed E-state index contributed by atoms with van der Waals surface area (Å²) < 4.78 is 4.91. The summed E-state index contributed by atoms with van der Waals surface area (Å²) in [5.41, 5.74) is 2.46. The molecule has 2 fully saturated rings. The van der Waals surface area contributed by atoms with E-state index < -0.39 is 0 Å². The Kier molecular flexibility index (Phi) is 5.91. The highest BCUT2D eigenvalue weighted by Crippen LogP contribution is 2.47. The van der Waals surface area contributed by atoms with Crippen LogP contribution in [0.3, 0.4) is 0 Å². The second-order valence-electron chi connectivity index (χ2n) is 9.14. The highest BCUT2D eigenvalue weighted by Gasteiger charge is 2.47. The van der Waals surface area contributed by atoms with Crippen molar-refractivity contribution in [3.8, 4) is 0 Å². The molecule has 7 heteroatoms. The standard InChI is InChI=1S/C23H34N4O3/c1-24(2)21(28)27-17-23(19-8-4-5-9-20(19)27)11-15-25(16-12-23)18-7-6-13-26(14-10-18)22(29)30-3/h4-5,8-9,18H,6-7,10-17H2,1-3H3. The van der Waals surface area contributed by atoms with E-state index in [0.29, 0.717) is 6.04 Å². The van der Waals surface area contributed by atoms with Crippen molar-refractivity contribution in [2.24, 2.45) is 0 Å². The number of piperidine rings is 1. The summed E-state index contributed by atoms with van der Waals surface area (Å²) in [5, 5.41) is 0. The molecule has 3 amide bonds. The fourth-order valence-corrected chi connectivity index (χ4v) is 5.54. The lowest BCUT2D eigenvalue weighted by atomic mass is 9.74. The van der Waals surface area contributed by atoms with Gasteiger partial charge in [-0.3, -0.25) is 4.90 Å². The summed E-state index contributed by atoms with van der Waals surface area (Å²) in [7, 11) is 5.10. The number of nitrogens with zero attached hydrogens (tertiary/aromatic N) is 4. The van der Waals surface area contributed by atoms with Gasteiger partial charge in [0.05, 0.1) is 7.11 Å². The fraction of sp³-hybridized carbons (Fsp3) is 0.652. The number of ether oxygens (including phenoxy) is 1. The maximum atomic E-state index is 12.8. The van der Waals surface area contributed by atoms with E-state index in [-0.39, 0.29) is 17.5 Å². The van der Waals surface area contributed by atoms with Crippen molar-refractivity contribution < 1.29 is 14.3 Å². The quantitative estimate of drug-likeness (QED) is 0.708. The number of urea groups is 1. The molecular weight excluding hydrogens is 380 g/mol. The van der Waals surface area contributed by atoms with Gasteiger partial charge >= 0.3 is 12.1 Å². The SMILES string of the molecule is COC(=O)N1CCCC(N2CCC3(CC2)CN(C(=O)N(C)C)c2ccccc23)CC1. The fourth-order valence-electron chi connectivity index (χ4n) is 5.54. The van der Waals surface area contributed by atoms with Crippen LogP contribution in [-0.2, 0) is 10.2 Å². The number of likely N-dealkylation sites (tertiary alicyclic amines) is 2. The van der Waals surface area contributed by atoms with E-state index >= 15 is 0 Å². The van der Waals surface area contributed by atoms with E-state index in [1.54, 1.807) is 4.90 Å². The van der Waals surface area contributed by atoms with Gasteiger partial charge < -0.3 is 19.4 Å². The molecule has 0 N–H and O–H groups in total. The Morgan fingerprint density at radius 1 is 1.07 bits per heavy atom. The van der Waals surface area contributed by atoms with Crippen molar-refractivity contribution in [3.05, 3.63) is 29.8 Å². The molecule has 1 aromatic carbocycles. The summed E-state index contributed by atoms with van der Waals surface area (Å²) in [5.74, 6) is 0. The van der Waals surface area contributed by atoms with Gasteiger partial charge in [0.2, 0.25) is 0 Å². The molecule has 1 aromatic rings. The van der Waals surface area contributed by atoms with Gasteiger partial charge in [0, 0.05) is 50.9 Å². The molecule has 1 spiro atoms. The Bertz CT molecular complexity index is 788. The Morgan fingerprint density at radius 2 is 1.80 bits per heavy atom. The third-order valence-corrected chi connectivity index (χ3v) is 7.24. The van der Waals surface area contributed by atoms with E-state index in [4.69, 9.17) is 4.74 Å². The lowest BCUT2D eigenvalue weighted by molar-refractivity contribution is 0.105. The van der Waals surface area contributed by atoms with E-state index in [1.165, 1.54) is 12.7 Å². The molecular formula is C23H34N4O3. The van der Waals surface area contributed by atoms with Crippen LogP contribution in [-0.4, -0.2) is 86.8 Å². The second-order valence-corrected chi connectivity index (χ2v) is 9.14. The zero-order valence-electron chi connectivity index (χ0n) is 18.5. The Balaban J connectivity index is 1.44. The summed E-state index contributed by atoms with van der Waals surface area (Å²) in [6, 6.07) is 9.02. The first-order valence-electron chi connectivity index (χ1n) is 11.1. The predicted octanol–water partition coefficient (Wildman–Crippen LogP) is 3.14. The van der Waals surface area contributed by atoms with Crippen LogP contribution < -0.4 is 4.90 Å². The van der Waals surface area contributed by atoms with Crippen LogP contribution >= 0.6 is 0 Å². The van der Waals surface area contributed by atoms with Gasteiger partial charge in [-0.25, -0.2) is 9.59 Å². The van der Waals surface area contributed by atoms with Crippen LogP contribution in [0.25, 0.3) is 0 Å². The average molecular weight is 415 g/mol. The Morgan fingerprint density at radius 3 is 2.50 bits per heavy atom. The lowest BCUT2D eigenvalue weighted by Crippen LogP contribution is -2.50. The second kappa shape index (κ2) is 8.46. The zero-order valence-corrected chi connectivity index (χ0v) is 18.5. The highest BCUT2D eigenvalue weighted by atomic mass is 16.5. The Labute approximate surface area is 179 Å². The topological polar surface area (TPSA) is 56.3 Å². The van der Waals surface area contributed by atoms with Gasteiger partial charge in [0.25, 0.3) is 0 Å². The smallest absolute Gasteiger partial charge is 0.409 e. The van der Waals surface area contributed by atoms with E-state index in [2.05, 4.69) is 23.1 Å². The first-order valence-corrected chi connectivity index (χ1v) is 11.1. The summed E-state index contributed by atoms with van der Waals surface area (Å²) >= 11 is 0.